The predicted octanol–water partition coefficient (Wildman–Crippen LogP) is 1.02. The summed E-state index contributed by atoms with van der Waals surface area (Å²) in [5.74, 6) is 1.80. The van der Waals surface area contributed by atoms with Crippen molar-refractivity contribution in [2.45, 2.75) is 45.3 Å². The minimum absolute atomic E-state index is 0.0122. The normalized spacial score (nSPS) is 64.3. The molecule has 5 rings (SSSR count). The average molecular weight is 252 g/mol. The fourth-order valence-corrected chi connectivity index (χ4v) is 6.91. The van der Waals surface area contributed by atoms with Crippen LogP contribution < -0.4 is 0 Å². The summed E-state index contributed by atoms with van der Waals surface area (Å²) in [6.45, 7) is 6.32. The lowest BCUT2D eigenvalue weighted by Crippen LogP contribution is -2.46. The molecule has 8 atom stereocenters. The van der Waals surface area contributed by atoms with Crippen molar-refractivity contribution in [1.82, 2.24) is 0 Å². The van der Waals surface area contributed by atoms with Crippen LogP contribution in [0.4, 0.5) is 0 Å². The number of hydrogen-bond donors (Lipinski definition) is 3. The van der Waals surface area contributed by atoms with E-state index in [1.54, 1.807) is 0 Å². The van der Waals surface area contributed by atoms with Gasteiger partial charge in [0.1, 0.15) is 0 Å². The van der Waals surface area contributed by atoms with E-state index in [1.165, 1.54) is 0 Å². The molecule has 0 heterocycles. The van der Waals surface area contributed by atoms with Crippen LogP contribution in [0.1, 0.15) is 33.6 Å². The molecule has 5 aliphatic rings. The van der Waals surface area contributed by atoms with Crippen LogP contribution in [0.5, 0.6) is 0 Å². The molecule has 0 amide bonds. The fraction of sp³-hybridized carbons (Fsp3) is 1.00. The molecule has 3 heteroatoms. The van der Waals surface area contributed by atoms with Gasteiger partial charge >= 0.3 is 0 Å². The highest BCUT2D eigenvalue weighted by Gasteiger charge is 2.92. The van der Waals surface area contributed by atoms with Crippen LogP contribution in [-0.4, -0.2) is 33.6 Å². The minimum Gasteiger partial charge on any atom is -0.396 e. The van der Waals surface area contributed by atoms with E-state index in [1.807, 2.05) is 13.8 Å². The van der Waals surface area contributed by atoms with E-state index in [0.29, 0.717) is 23.7 Å². The maximum absolute atomic E-state index is 10.5. The highest BCUT2D eigenvalue weighted by atomic mass is 16.3. The standard InChI is InChI=1S/C15H24O3/c1-13(2,18)7-4-5-14(3)10-8(7)9-11(12(10)17)15(9,14)6-16/h7-12,16-18H,4-6H2,1-3H3/t7-,8-,9-,10-,11-,12+,14+,15-/m1/s1. The zero-order valence-electron chi connectivity index (χ0n) is 11.4. The maximum atomic E-state index is 10.5. The zero-order chi connectivity index (χ0) is 13.1. The summed E-state index contributed by atoms with van der Waals surface area (Å²) in [6.07, 6.45) is 1.86. The summed E-state index contributed by atoms with van der Waals surface area (Å²) in [5.41, 5.74) is -0.558. The van der Waals surface area contributed by atoms with Crippen LogP contribution in [0.25, 0.3) is 0 Å². The Morgan fingerprint density at radius 1 is 1.22 bits per heavy atom. The Morgan fingerprint density at radius 3 is 2.44 bits per heavy atom. The van der Waals surface area contributed by atoms with Gasteiger partial charge in [-0.2, -0.15) is 0 Å². The van der Waals surface area contributed by atoms with Crippen LogP contribution >= 0.6 is 0 Å². The summed E-state index contributed by atoms with van der Waals surface area (Å²) < 4.78 is 0. The third-order valence-electron chi connectivity index (χ3n) is 7.44. The lowest BCUT2D eigenvalue weighted by atomic mass is 9.60. The smallest absolute Gasteiger partial charge is 0.0622 e. The number of rotatable bonds is 2. The van der Waals surface area contributed by atoms with Crippen molar-refractivity contribution in [2.75, 3.05) is 6.61 Å². The van der Waals surface area contributed by atoms with E-state index in [9.17, 15) is 15.3 Å². The fourth-order valence-electron chi connectivity index (χ4n) is 6.91. The molecule has 102 valence electrons. The van der Waals surface area contributed by atoms with Gasteiger partial charge in [-0.1, -0.05) is 6.92 Å². The molecule has 18 heavy (non-hydrogen) atoms. The highest BCUT2D eigenvalue weighted by Crippen LogP contribution is 2.91. The van der Waals surface area contributed by atoms with Gasteiger partial charge in [-0.15, -0.1) is 0 Å². The van der Waals surface area contributed by atoms with E-state index in [4.69, 9.17) is 0 Å². The molecule has 3 N–H and O–H groups in total. The predicted molar refractivity (Wildman–Crippen MR) is 66.6 cm³/mol. The van der Waals surface area contributed by atoms with Gasteiger partial charge in [-0.05, 0) is 61.7 Å². The van der Waals surface area contributed by atoms with E-state index >= 15 is 0 Å². The van der Waals surface area contributed by atoms with Crippen molar-refractivity contribution in [3.05, 3.63) is 0 Å². The van der Waals surface area contributed by atoms with Crippen molar-refractivity contribution in [3.8, 4) is 0 Å². The van der Waals surface area contributed by atoms with Gasteiger partial charge in [-0.25, -0.2) is 0 Å². The monoisotopic (exact) mass is 252 g/mol. The summed E-state index contributed by atoms with van der Waals surface area (Å²) in [4.78, 5) is 0. The van der Waals surface area contributed by atoms with Crippen molar-refractivity contribution in [1.29, 1.82) is 0 Å². The van der Waals surface area contributed by atoms with Crippen molar-refractivity contribution in [2.24, 2.45) is 40.4 Å². The van der Waals surface area contributed by atoms with E-state index in [0.717, 1.165) is 12.8 Å². The molecule has 0 aromatic heterocycles. The molecular formula is C15H24O3. The van der Waals surface area contributed by atoms with Crippen LogP contribution in [0, 0.1) is 40.4 Å². The molecule has 6 bridgehead atoms. The molecule has 0 radical (unpaired) electrons. The SMILES string of the molecule is CC(C)(O)[C@@H]1CC[C@@]2(C)[C@H]3[C@H](O)[C@H]4[C@@H]([C@H]31)[C@]42CO. The Kier molecular flexibility index (Phi) is 1.83. The Morgan fingerprint density at radius 2 is 1.89 bits per heavy atom. The van der Waals surface area contributed by atoms with Crippen molar-refractivity contribution >= 4 is 0 Å². The first kappa shape index (κ1) is 11.7. The summed E-state index contributed by atoms with van der Waals surface area (Å²) in [5, 5.41) is 30.8. The molecule has 0 spiro atoms. The molecule has 0 aromatic carbocycles. The minimum atomic E-state index is -0.660. The van der Waals surface area contributed by atoms with E-state index in [-0.39, 0.29) is 29.5 Å². The molecule has 5 fully saturated rings. The Labute approximate surface area is 108 Å². The molecule has 0 aliphatic heterocycles. The molecule has 0 saturated heterocycles. The number of hydrogen-bond acceptors (Lipinski definition) is 3. The van der Waals surface area contributed by atoms with Gasteiger partial charge in [-0.3, -0.25) is 0 Å². The summed E-state index contributed by atoms with van der Waals surface area (Å²) >= 11 is 0. The zero-order valence-corrected chi connectivity index (χ0v) is 11.4. The lowest BCUT2D eigenvalue weighted by molar-refractivity contribution is -0.0725. The summed E-state index contributed by atoms with van der Waals surface area (Å²) in [6, 6.07) is 0. The average Bonchev–Trinajstić information content (AvgIpc) is 2.75. The number of aliphatic hydroxyl groups excluding tert-OH is 2. The van der Waals surface area contributed by atoms with E-state index in [2.05, 4.69) is 6.92 Å². The van der Waals surface area contributed by atoms with E-state index < -0.39 is 5.60 Å². The third-order valence-corrected chi connectivity index (χ3v) is 7.44. The topological polar surface area (TPSA) is 60.7 Å². The van der Waals surface area contributed by atoms with Crippen LogP contribution in [-0.2, 0) is 0 Å². The molecule has 5 saturated carbocycles. The van der Waals surface area contributed by atoms with Crippen LogP contribution in [0.15, 0.2) is 0 Å². The number of aliphatic hydroxyl groups is 3. The lowest BCUT2D eigenvalue weighted by Gasteiger charge is -2.46. The van der Waals surface area contributed by atoms with Gasteiger partial charge in [0, 0.05) is 12.0 Å². The second-order valence-electron chi connectivity index (χ2n) is 8.06. The highest BCUT2D eigenvalue weighted by molar-refractivity contribution is 5.38. The first-order valence-electron chi connectivity index (χ1n) is 7.32. The molecule has 0 aromatic rings. The molecule has 3 nitrogen and oxygen atoms in total. The Hall–Kier alpha value is -0.120. The van der Waals surface area contributed by atoms with Gasteiger partial charge in [0.15, 0.2) is 0 Å². The molecular weight excluding hydrogens is 228 g/mol. The first-order chi connectivity index (χ1) is 8.30. The van der Waals surface area contributed by atoms with Crippen molar-refractivity contribution < 1.29 is 15.3 Å². The Balaban J connectivity index is 1.81. The maximum Gasteiger partial charge on any atom is 0.0622 e. The quantitative estimate of drug-likeness (QED) is 0.687. The molecule has 5 aliphatic carbocycles. The van der Waals surface area contributed by atoms with Crippen LogP contribution in [0.2, 0.25) is 0 Å². The second-order valence-corrected chi connectivity index (χ2v) is 8.06. The van der Waals surface area contributed by atoms with Crippen molar-refractivity contribution in [3.63, 3.8) is 0 Å². The molecule has 0 unspecified atom stereocenters. The third kappa shape index (κ3) is 0.862. The summed E-state index contributed by atoms with van der Waals surface area (Å²) in [7, 11) is 0. The Bertz CT molecular complexity index is 414. The van der Waals surface area contributed by atoms with Gasteiger partial charge in [0.05, 0.1) is 11.7 Å². The van der Waals surface area contributed by atoms with Gasteiger partial charge < -0.3 is 15.3 Å². The largest absolute Gasteiger partial charge is 0.396 e. The van der Waals surface area contributed by atoms with Gasteiger partial charge in [0.25, 0.3) is 0 Å². The van der Waals surface area contributed by atoms with Crippen LogP contribution in [0.3, 0.4) is 0 Å². The first-order valence-corrected chi connectivity index (χ1v) is 7.32. The van der Waals surface area contributed by atoms with Gasteiger partial charge in [0.2, 0.25) is 0 Å². The second kappa shape index (κ2) is 2.82.